The molecule has 224 valence electrons. The summed E-state index contributed by atoms with van der Waals surface area (Å²) in [5, 5.41) is 17.9. The van der Waals surface area contributed by atoms with Gasteiger partial charge in [0.2, 0.25) is 5.91 Å². The molecule has 1 aliphatic carbocycles. The first-order valence-corrected chi connectivity index (χ1v) is 15.0. The standard InChI is InChI=1S/C32H45FN4O4/c1-21(38)35-26(16-22-6-8-23(33)9-7-22)28(39)20-34-27-19-32(10-5-11-32)41-29-25(27)17-24(18-31(2,3)4)36-30(29)37-12-14-40-15-13-37/h6-9,17,26-28,34,39H,5,10-16,18-20H2,1-4H3,(H,35,38)/t26-,27-,28+/m0/s1. The van der Waals surface area contributed by atoms with Gasteiger partial charge in [-0.1, -0.05) is 32.9 Å². The Morgan fingerprint density at radius 3 is 2.54 bits per heavy atom. The van der Waals surface area contributed by atoms with Crippen molar-refractivity contribution in [3.05, 3.63) is 53.0 Å². The lowest BCUT2D eigenvalue weighted by molar-refractivity contribution is -0.120. The molecule has 1 aromatic carbocycles. The van der Waals surface area contributed by atoms with Gasteiger partial charge in [-0.2, -0.15) is 0 Å². The lowest BCUT2D eigenvalue weighted by atomic mass is 9.72. The van der Waals surface area contributed by atoms with Crippen LogP contribution in [0, 0.1) is 11.2 Å². The Morgan fingerprint density at radius 1 is 1.22 bits per heavy atom. The minimum absolute atomic E-state index is 0.0287. The summed E-state index contributed by atoms with van der Waals surface area (Å²) in [4.78, 5) is 19.4. The van der Waals surface area contributed by atoms with Crippen molar-refractivity contribution >= 4 is 11.7 Å². The van der Waals surface area contributed by atoms with Crippen LogP contribution in [0.1, 0.15) is 76.2 Å². The number of carbonyl (C=O) groups is 1. The number of morpholine rings is 1. The van der Waals surface area contributed by atoms with Crippen LogP contribution in [0.4, 0.5) is 10.2 Å². The topological polar surface area (TPSA) is 96.0 Å². The van der Waals surface area contributed by atoms with Crippen LogP contribution in [0.15, 0.2) is 30.3 Å². The number of pyridine rings is 1. The van der Waals surface area contributed by atoms with Gasteiger partial charge in [0.1, 0.15) is 11.4 Å². The van der Waals surface area contributed by atoms with Crippen LogP contribution in [-0.4, -0.2) is 66.6 Å². The second-order valence-corrected chi connectivity index (χ2v) is 13.2. The number of rotatable bonds is 9. The first-order valence-electron chi connectivity index (χ1n) is 15.0. The van der Waals surface area contributed by atoms with Crippen LogP contribution in [-0.2, 0) is 22.4 Å². The van der Waals surface area contributed by atoms with E-state index < -0.39 is 12.1 Å². The molecule has 41 heavy (non-hydrogen) atoms. The van der Waals surface area contributed by atoms with E-state index in [1.807, 2.05) is 0 Å². The first kappa shape index (κ1) is 29.7. The van der Waals surface area contributed by atoms with Gasteiger partial charge in [-0.25, -0.2) is 9.37 Å². The smallest absolute Gasteiger partial charge is 0.217 e. The number of hydrogen-bond donors (Lipinski definition) is 3. The molecule has 3 N–H and O–H groups in total. The fourth-order valence-electron chi connectivity index (χ4n) is 6.20. The van der Waals surface area contributed by atoms with Crippen LogP contribution in [0.3, 0.4) is 0 Å². The highest BCUT2D eigenvalue weighted by atomic mass is 19.1. The maximum Gasteiger partial charge on any atom is 0.217 e. The molecule has 2 aromatic rings. The number of carbonyl (C=O) groups excluding carboxylic acids is 1. The molecule has 3 atom stereocenters. The molecule has 1 saturated carbocycles. The Balaban J connectivity index is 1.42. The predicted molar refractivity (Wildman–Crippen MR) is 157 cm³/mol. The number of ether oxygens (including phenoxy) is 2. The van der Waals surface area contributed by atoms with Crippen molar-refractivity contribution in [2.24, 2.45) is 5.41 Å². The molecule has 3 aliphatic rings. The molecule has 0 bridgehead atoms. The average Bonchev–Trinajstić information content (AvgIpc) is 2.90. The van der Waals surface area contributed by atoms with Crippen molar-refractivity contribution in [1.29, 1.82) is 0 Å². The Morgan fingerprint density at radius 2 is 1.93 bits per heavy atom. The van der Waals surface area contributed by atoms with Crippen molar-refractivity contribution < 1.29 is 23.8 Å². The van der Waals surface area contributed by atoms with Gasteiger partial charge in [-0.15, -0.1) is 0 Å². The number of hydrogen-bond acceptors (Lipinski definition) is 7. The summed E-state index contributed by atoms with van der Waals surface area (Å²) in [5.74, 6) is 1.23. The van der Waals surface area contributed by atoms with Gasteiger partial charge in [0.25, 0.3) is 0 Å². The minimum Gasteiger partial charge on any atom is -0.483 e. The van der Waals surface area contributed by atoms with E-state index in [-0.39, 0.29) is 35.3 Å². The molecule has 1 saturated heterocycles. The Labute approximate surface area is 243 Å². The summed E-state index contributed by atoms with van der Waals surface area (Å²) in [6, 6.07) is 7.82. The highest BCUT2D eigenvalue weighted by molar-refractivity contribution is 5.73. The molecule has 1 spiro atoms. The van der Waals surface area contributed by atoms with E-state index in [0.717, 1.165) is 73.6 Å². The van der Waals surface area contributed by atoms with Crippen LogP contribution >= 0.6 is 0 Å². The zero-order chi connectivity index (χ0) is 29.2. The maximum atomic E-state index is 13.5. The van der Waals surface area contributed by atoms with Gasteiger partial charge in [-0.05, 0) is 61.3 Å². The van der Waals surface area contributed by atoms with Crippen molar-refractivity contribution in [2.75, 3.05) is 37.7 Å². The third-order valence-corrected chi connectivity index (χ3v) is 8.39. The second kappa shape index (κ2) is 12.2. The summed E-state index contributed by atoms with van der Waals surface area (Å²) < 4.78 is 25.9. The predicted octanol–water partition coefficient (Wildman–Crippen LogP) is 4.09. The Hall–Kier alpha value is -2.75. The number of aliphatic hydroxyl groups is 1. The fourth-order valence-corrected chi connectivity index (χ4v) is 6.20. The molecule has 3 heterocycles. The van der Waals surface area contributed by atoms with E-state index in [1.165, 1.54) is 19.1 Å². The van der Waals surface area contributed by atoms with Gasteiger partial charge in [0.15, 0.2) is 11.6 Å². The summed E-state index contributed by atoms with van der Waals surface area (Å²) >= 11 is 0. The number of aliphatic hydroxyl groups excluding tert-OH is 1. The molecule has 2 aliphatic heterocycles. The molecule has 5 rings (SSSR count). The quantitative estimate of drug-likeness (QED) is 0.419. The zero-order valence-electron chi connectivity index (χ0n) is 24.8. The number of fused-ring (bicyclic) bond motifs is 1. The van der Waals surface area contributed by atoms with E-state index in [0.29, 0.717) is 19.6 Å². The molecule has 9 heteroatoms. The highest BCUT2D eigenvalue weighted by Crippen LogP contribution is 2.52. The SMILES string of the molecule is CC(=O)N[C@@H](Cc1ccc(F)cc1)[C@H](O)CN[C@H]1CC2(CCC2)Oc2c1cc(CC(C)(C)C)nc2N1CCOCC1. The van der Waals surface area contributed by atoms with E-state index in [2.05, 4.69) is 42.4 Å². The van der Waals surface area contributed by atoms with Crippen LogP contribution < -0.4 is 20.3 Å². The number of benzene rings is 1. The number of halogens is 1. The number of nitrogens with zero attached hydrogens (tertiary/aromatic N) is 2. The van der Waals surface area contributed by atoms with E-state index in [4.69, 9.17) is 14.5 Å². The monoisotopic (exact) mass is 568 g/mol. The Kier molecular flexibility index (Phi) is 8.87. The first-order chi connectivity index (χ1) is 19.5. The van der Waals surface area contributed by atoms with Gasteiger partial charge < -0.3 is 30.1 Å². The normalized spacial score (nSPS) is 21.4. The summed E-state index contributed by atoms with van der Waals surface area (Å²) in [6.07, 6.45) is 4.34. The average molecular weight is 569 g/mol. The molecular weight excluding hydrogens is 523 g/mol. The van der Waals surface area contributed by atoms with Crippen molar-refractivity contribution in [3.63, 3.8) is 0 Å². The summed E-state index contributed by atoms with van der Waals surface area (Å²) in [5.41, 5.74) is 2.81. The van der Waals surface area contributed by atoms with Gasteiger partial charge in [0, 0.05) is 50.3 Å². The van der Waals surface area contributed by atoms with Crippen molar-refractivity contribution in [1.82, 2.24) is 15.6 Å². The molecule has 0 radical (unpaired) electrons. The third-order valence-electron chi connectivity index (χ3n) is 8.39. The second-order valence-electron chi connectivity index (χ2n) is 13.2. The van der Waals surface area contributed by atoms with E-state index in [9.17, 15) is 14.3 Å². The van der Waals surface area contributed by atoms with E-state index >= 15 is 0 Å². The minimum atomic E-state index is -0.845. The highest BCUT2D eigenvalue weighted by Gasteiger charge is 2.47. The maximum absolute atomic E-state index is 13.5. The molecule has 2 fully saturated rings. The molecule has 8 nitrogen and oxygen atoms in total. The van der Waals surface area contributed by atoms with Crippen LogP contribution in [0.2, 0.25) is 0 Å². The largest absolute Gasteiger partial charge is 0.483 e. The number of amides is 1. The molecule has 1 aromatic heterocycles. The van der Waals surface area contributed by atoms with Crippen molar-refractivity contribution in [3.8, 4) is 5.75 Å². The molecule has 0 unspecified atom stereocenters. The molecule has 1 amide bonds. The van der Waals surface area contributed by atoms with Gasteiger partial charge in [-0.3, -0.25) is 4.79 Å². The van der Waals surface area contributed by atoms with Crippen LogP contribution in [0.5, 0.6) is 5.75 Å². The Bertz CT molecular complexity index is 1210. The lowest BCUT2D eigenvalue weighted by Gasteiger charge is -2.49. The number of nitrogens with one attached hydrogen (secondary N) is 2. The van der Waals surface area contributed by atoms with E-state index in [1.54, 1.807) is 12.1 Å². The third kappa shape index (κ3) is 7.37. The van der Waals surface area contributed by atoms with Crippen molar-refractivity contribution in [2.45, 2.75) is 90.0 Å². The summed E-state index contributed by atoms with van der Waals surface area (Å²) in [7, 11) is 0. The van der Waals surface area contributed by atoms with Gasteiger partial charge in [0.05, 0.1) is 25.4 Å². The van der Waals surface area contributed by atoms with Gasteiger partial charge >= 0.3 is 0 Å². The number of aromatic nitrogens is 1. The lowest BCUT2D eigenvalue weighted by Crippen LogP contribution is -2.52. The molecular formula is C32H45FN4O4. The fraction of sp³-hybridized carbons (Fsp3) is 0.625. The summed E-state index contributed by atoms with van der Waals surface area (Å²) in [6.45, 7) is 11.3. The van der Waals surface area contributed by atoms with Crippen LogP contribution in [0.25, 0.3) is 0 Å². The zero-order valence-corrected chi connectivity index (χ0v) is 24.8. The number of anilines is 1.